The molecule has 22 heavy (non-hydrogen) atoms. The lowest BCUT2D eigenvalue weighted by molar-refractivity contribution is 0.502. The third-order valence-corrected chi connectivity index (χ3v) is 5.68. The molecule has 0 spiro atoms. The highest BCUT2D eigenvalue weighted by molar-refractivity contribution is 6.75. The highest BCUT2D eigenvalue weighted by Crippen LogP contribution is 2.54. The Balaban J connectivity index is 3.22. The summed E-state index contributed by atoms with van der Waals surface area (Å²) in [7, 11) is 0. The van der Waals surface area contributed by atoms with Crippen LogP contribution in [0.4, 0.5) is 0 Å². The van der Waals surface area contributed by atoms with Gasteiger partial charge in [0.15, 0.2) is 0 Å². The van der Waals surface area contributed by atoms with Crippen molar-refractivity contribution < 1.29 is 0 Å². The summed E-state index contributed by atoms with van der Waals surface area (Å²) < 4.78 is -1.95. The molecule has 0 aliphatic rings. The highest BCUT2D eigenvalue weighted by Gasteiger charge is 2.52. The molecule has 1 rings (SSSR count). The minimum atomic E-state index is -1.89. The maximum atomic E-state index is 6.40. The van der Waals surface area contributed by atoms with E-state index in [9.17, 15) is 0 Å². The first-order valence-electron chi connectivity index (χ1n) is 7.32. The SMILES string of the molecule is CCCCCCn1nnc(C(C)(C)C)c1C(Cl)(Cl)C(Cl)(Cl)Cl. The van der Waals surface area contributed by atoms with E-state index in [0.717, 1.165) is 25.7 Å². The third kappa shape index (κ3) is 4.80. The maximum Gasteiger partial charge on any atom is 0.228 e. The van der Waals surface area contributed by atoms with Crippen molar-refractivity contribution in [2.24, 2.45) is 0 Å². The molecule has 1 heterocycles. The summed E-state index contributed by atoms with van der Waals surface area (Å²) >= 11 is 30.8. The Morgan fingerprint density at radius 3 is 2.00 bits per heavy atom. The summed E-state index contributed by atoms with van der Waals surface area (Å²) in [5.74, 6) is 0. The molecule has 0 unspecified atom stereocenters. The molecule has 3 nitrogen and oxygen atoms in total. The zero-order valence-corrected chi connectivity index (χ0v) is 17.0. The van der Waals surface area contributed by atoms with Crippen LogP contribution in [0.1, 0.15) is 64.8 Å². The van der Waals surface area contributed by atoms with Gasteiger partial charge >= 0.3 is 0 Å². The largest absolute Gasteiger partial charge is 0.246 e. The Morgan fingerprint density at radius 2 is 1.55 bits per heavy atom. The Hall–Kier alpha value is 0.590. The average Bonchev–Trinajstić information content (AvgIpc) is 2.77. The van der Waals surface area contributed by atoms with Crippen LogP contribution in [0.15, 0.2) is 0 Å². The molecule has 128 valence electrons. The molecule has 8 heteroatoms. The fraction of sp³-hybridized carbons (Fsp3) is 0.857. The van der Waals surface area contributed by atoms with E-state index in [1.165, 1.54) is 0 Å². The Labute approximate surface area is 157 Å². The van der Waals surface area contributed by atoms with Crippen LogP contribution in [0.25, 0.3) is 0 Å². The summed E-state index contributed by atoms with van der Waals surface area (Å²) in [4.78, 5) is 0. The number of aryl methyl sites for hydroxylation is 1. The van der Waals surface area contributed by atoms with Crippen LogP contribution in [-0.4, -0.2) is 18.8 Å². The molecule has 0 atom stereocenters. The second-order valence-corrected chi connectivity index (χ2v) is 10.0. The van der Waals surface area contributed by atoms with Crippen LogP contribution in [0, 0.1) is 0 Å². The number of halogens is 5. The van der Waals surface area contributed by atoms with Gasteiger partial charge in [0, 0.05) is 12.0 Å². The van der Waals surface area contributed by atoms with Crippen molar-refractivity contribution >= 4 is 58.0 Å². The van der Waals surface area contributed by atoms with Crippen LogP contribution >= 0.6 is 58.0 Å². The van der Waals surface area contributed by atoms with Gasteiger partial charge in [-0.05, 0) is 6.42 Å². The van der Waals surface area contributed by atoms with Gasteiger partial charge in [0.05, 0.1) is 5.69 Å². The first-order valence-corrected chi connectivity index (χ1v) is 9.21. The lowest BCUT2D eigenvalue weighted by Crippen LogP contribution is -2.34. The predicted octanol–water partition coefficient (Wildman–Crippen LogP) is 6.16. The van der Waals surface area contributed by atoms with Crippen molar-refractivity contribution in [3.8, 4) is 0 Å². The molecule has 1 aromatic rings. The Morgan fingerprint density at radius 1 is 0.955 bits per heavy atom. The lowest BCUT2D eigenvalue weighted by atomic mass is 9.90. The number of unbranched alkanes of at least 4 members (excludes halogenated alkanes) is 3. The molecule has 0 saturated carbocycles. The highest BCUT2D eigenvalue weighted by atomic mass is 35.6. The van der Waals surface area contributed by atoms with E-state index in [2.05, 4.69) is 17.2 Å². The van der Waals surface area contributed by atoms with Gasteiger partial charge in [0.2, 0.25) is 8.13 Å². The van der Waals surface area contributed by atoms with Gasteiger partial charge in [-0.1, -0.05) is 110 Å². The van der Waals surface area contributed by atoms with Gasteiger partial charge in [-0.2, -0.15) is 0 Å². The van der Waals surface area contributed by atoms with Crippen LogP contribution < -0.4 is 0 Å². The third-order valence-electron chi connectivity index (χ3n) is 3.32. The summed E-state index contributed by atoms with van der Waals surface area (Å²) in [5.41, 5.74) is 0.779. The van der Waals surface area contributed by atoms with E-state index >= 15 is 0 Å². The molecule has 0 radical (unpaired) electrons. The predicted molar refractivity (Wildman–Crippen MR) is 96.5 cm³/mol. The Bertz CT molecular complexity index is 486. The van der Waals surface area contributed by atoms with Crippen molar-refractivity contribution in [1.82, 2.24) is 15.0 Å². The topological polar surface area (TPSA) is 30.7 Å². The van der Waals surface area contributed by atoms with Crippen LogP contribution in [0.2, 0.25) is 0 Å². The second kappa shape index (κ2) is 7.65. The molecule has 0 aromatic carbocycles. The van der Waals surface area contributed by atoms with E-state index in [1.807, 2.05) is 20.8 Å². The van der Waals surface area contributed by atoms with Crippen molar-refractivity contribution in [3.63, 3.8) is 0 Å². The van der Waals surface area contributed by atoms with Crippen molar-refractivity contribution in [2.45, 2.75) is 73.5 Å². The molecule has 1 aromatic heterocycles. The second-order valence-electron chi connectivity index (χ2n) is 6.39. The van der Waals surface area contributed by atoms with E-state index in [1.54, 1.807) is 4.68 Å². The zero-order valence-electron chi connectivity index (χ0n) is 13.3. The quantitative estimate of drug-likeness (QED) is 0.416. The van der Waals surface area contributed by atoms with E-state index < -0.39 is 8.13 Å². The smallest absolute Gasteiger partial charge is 0.228 e. The molecule has 0 amide bonds. The fourth-order valence-electron chi connectivity index (χ4n) is 2.11. The summed E-state index contributed by atoms with van der Waals surface area (Å²) in [6.07, 6.45) is 4.34. The summed E-state index contributed by atoms with van der Waals surface area (Å²) in [5, 5.41) is 8.42. The van der Waals surface area contributed by atoms with Crippen LogP contribution in [0.5, 0.6) is 0 Å². The number of hydrogen-bond acceptors (Lipinski definition) is 2. The molecule has 0 saturated heterocycles. The molecular formula is C14H22Cl5N3. The maximum absolute atomic E-state index is 6.40. The van der Waals surface area contributed by atoms with Crippen molar-refractivity contribution in [1.29, 1.82) is 0 Å². The first kappa shape index (κ1) is 20.6. The van der Waals surface area contributed by atoms with E-state index in [4.69, 9.17) is 58.0 Å². The normalized spacial score (nSPS) is 13.7. The van der Waals surface area contributed by atoms with E-state index in [-0.39, 0.29) is 5.41 Å². The number of rotatable bonds is 6. The standard InChI is InChI=1S/C14H22Cl5N3/c1-5-6-7-8-9-22-11(13(15,16)14(17,18)19)10(20-21-22)12(2,3)4/h5-9H2,1-4H3. The first-order chi connectivity index (χ1) is 9.93. The molecular weight excluding hydrogens is 387 g/mol. The van der Waals surface area contributed by atoms with Gasteiger partial charge in [-0.15, -0.1) is 5.10 Å². The number of hydrogen-bond donors (Lipinski definition) is 0. The fourth-order valence-corrected chi connectivity index (χ4v) is 2.75. The van der Waals surface area contributed by atoms with Gasteiger partial charge in [-0.3, -0.25) is 0 Å². The monoisotopic (exact) mass is 407 g/mol. The average molecular weight is 410 g/mol. The summed E-state index contributed by atoms with van der Waals surface area (Å²) in [6.45, 7) is 8.77. The molecule has 0 fully saturated rings. The summed E-state index contributed by atoms with van der Waals surface area (Å²) in [6, 6.07) is 0. The number of alkyl halides is 5. The minimum absolute atomic E-state index is 0.318. The van der Waals surface area contributed by atoms with E-state index in [0.29, 0.717) is 17.9 Å². The van der Waals surface area contributed by atoms with Crippen molar-refractivity contribution in [2.75, 3.05) is 0 Å². The number of nitrogens with zero attached hydrogens (tertiary/aromatic N) is 3. The van der Waals surface area contributed by atoms with Crippen molar-refractivity contribution in [3.05, 3.63) is 11.4 Å². The Kier molecular flexibility index (Phi) is 7.18. The molecule has 0 bridgehead atoms. The van der Waals surface area contributed by atoms with Gasteiger partial charge in [0.25, 0.3) is 0 Å². The minimum Gasteiger partial charge on any atom is -0.246 e. The van der Waals surface area contributed by atoms with Gasteiger partial charge < -0.3 is 0 Å². The van der Waals surface area contributed by atoms with Gasteiger partial charge in [0.1, 0.15) is 5.69 Å². The zero-order chi connectivity index (χ0) is 17.2. The van der Waals surface area contributed by atoms with Crippen LogP contribution in [0.3, 0.4) is 0 Å². The molecule has 0 N–H and O–H groups in total. The molecule has 0 aliphatic heterocycles. The lowest BCUT2D eigenvalue weighted by Gasteiger charge is -2.30. The molecule has 0 aliphatic carbocycles. The van der Waals surface area contributed by atoms with Crippen LogP contribution in [-0.2, 0) is 16.3 Å². The van der Waals surface area contributed by atoms with Gasteiger partial charge in [-0.25, -0.2) is 4.68 Å². The number of aromatic nitrogens is 3.